The van der Waals surface area contributed by atoms with Crippen LogP contribution in [-0.4, -0.2) is 39.8 Å². The van der Waals surface area contributed by atoms with Crippen molar-refractivity contribution in [2.75, 3.05) is 0 Å². The van der Waals surface area contributed by atoms with Crippen molar-refractivity contribution in [3.63, 3.8) is 0 Å². The Kier molecular flexibility index (Phi) is 5.56. The van der Waals surface area contributed by atoms with E-state index in [-0.39, 0.29) is 18.7 Å². The Morgan fingerprint density at radius 3 is 2.31 bits per heavy atom. The average Bonchev–Trinajstić information content (AvgIpc) is 2.02. The van der Waals surface area contributed by atoms with Crippen molar-refractivity contribution in [1.82, 2.24) is 5.32 Å². The maximum Gasteiger partial charge on any atom is 0.220 e. The van der Waals surface area contributed by atoms with Crippen molar-refractivity contribution < 1.29 is 20.1 Å². The first-order valence-electron chi connectivity index (χ1n) is 4.06. The van der Waals surface area contributed by atoms with E-state index in [0.717, 1.165) is 0 Å². The number of carbonyl (C=O) groups excluding carboxylic acids is 1. The fraction of sp³-hybridized carbons (Fsp3) is 0.857. The number of carbonyl (C=O) groups is 1. The highest BCUT2D eigenvalue weighted by Gasteiger charge is 2.19. The summed E-state index contributed by atoms with van der Waals surface area (Å²) in [5.74, 6) is -0.296. The van der Waals surface area contributed by atoms with Crippen molar-refractivity contribution in [3.05, 3.63) is 0 Å². The number of nitrogens with two attached hydrogens (primary N) is 1. The van der Waals surface area contributed by atoms with Crippen molar-refractivity contribution in [3.8, 4) is 0 Å². The van der Waals surface area contributed by atoms with Gasteiger partial charge in [0, 0.05) is 12.8 Å². The second kappa shape index (κ2) is 5.87. The minimum Gasteiger partial charge on any atom is -0.377 e. The van der Waals surface area contributed by atoms with Gasteiger partial charge in [-0.2, -0.15) is 0 Å². The number of aliphatic hydroxyl groups is 3. The van der Waals surface area contributed by atoms with E-state index in [2.05, 4.69) is 5.32 Å². The summed E-state index contributed by atoms with van der Waals surface area (Å²) in [6, 6.07) is -0.826. The Morgan fingerprint density at radius 1 is 1.46 bits per heavy atom. The summed E-state index contributed by atoms with van der Waals surface area (Å²) < 4.78 is 0. The molecule has 13 heavy (non-hydrogen) atoms. The van der Waals surface area contributed by atoms with Crippen LogP contribution in [0.5, 0.6) is 0 Å². The summed E-state index contributed by atoms with van der Waals surface area (Å²) in [5, 5.41) is 28.5. The van der Waals surface area contributed by atoms with Crippen LogP contribution in [0.1, 0.15) is 19.8 Å². The molecular weight excluding hydrogens is 176 g/mol. The van der Waals surface area contributed by atoms with E-state index >= 15 is 0 Å². The first-order chi connectivity index (χ1) is 5.97. The largest absolute Gasteiger partial charge is 0.377 e. The molecule has 0 aromatic rings. The predicted octanol–water partition coefficient (Wildman–Crippen LogP) is -2.14. The smallest absolute Gasteiger partial charge is 0.220 e. The number of nitrogens with one attached hydrogen (secondary N) is 1. The molecule has 0 spiro atoms. The Balaban J connectivity index is 4.02. The molecule has 0 saturated carbocycles. The molecule has 0 saturated heterocycles. The zero-order chi connectivity index (χ0) is 10.4. The van der Waals surface area contributed by atoms with Gasteiger partial charge < -0.3 is 26.4 Å². The van der Waals surface area contributed by atoms with E-state index in [4.69, 9.17) is 21.1 Å². The zero-order valence-corrected chi connectivity index (χ0v) is 7.47. The summed E-state index contributed by atoms with van der Waals surface area (Å²) in [4.78, 5) is 10.9. The molecule has 0 bridgehead atoms. The Labute approximate surface area is 76.4 Å². The third kappa shape index (κ3) is 5.53. The van der Waals surface area contributed by atoms with Crippen molar-refractivity contribution in [1.29, 1.82) is 0 Å². The highest BCUT2D eigenvalue weighted by Crippen LogP contribution is 1.98. The van der Waals surface area contributed by atoms with E-state index in [9.17, 15) is 4.79 Å². The summed E-state index contributed by atoms with van der Waals surface area (Å²) >= 11 is 0. The van der Waals surface area contributed by atoms with Gasteiger partial charge in [-0.1, -0.05) is 6.92 Å². The molecule has 0 aromatic heterocycles. The normalized spacial score (nSPS) is 15.5. The van der Waals surface area contributed by atoms with Gasteiger partial charge in [-0.05, 0) is 0 Å². The summed E-state index contributed by atoms with van der Waals surface area (Å²) in [5.41, 5.74) is 5.11. The molecule has 0 rings (SSSR count). The lowest BCUT2D eigenvalue weighted by Crippen LogP contribution is -2.49. The lowest BCUT2D eigenvalue weighted by atomic mass is 10.1. The van der Waals surface area contributed by atoms with Crippen molar-refractivity contribution in [2.45, 2.75) is 38.3 Å². The third-order valence-corrected chi connectivity index (χ3v) is 1.54. The van der Waals surface area contributed by atoms with E-state index in [1.165, 1.54) is 0 Å². The molecule has 0 heterocycles. The first kappa shape index (κ1) is 12.3. The summed E-state index contributed by atoms with van der Waals surface area (Å²) in [6.45, 7) is 1.64. The molecular formula is C7H16N2O4. The van der Waals surface area contributed by atoms with E-state index in [1.807, 2.05) is 0 Å². The number of hydrogen-bond donors (Lipinski definition) is 5. The minimum absolute atomic E-state index is 0.191. The van der Waals surface area contributed by atoms with Crippen LogP contribution in [0.2, 0.25) is 0 Å². The predicted molar refractivity (Wildman–Crippen MR) is 45.3 cm³/mol. The van der Waals surface area contributed by atoms with Crippen LogP contribution in [0, 0.1) is 0 Å². The molecule has 1 amide bonds. The van der Waals surface area contributed by atoms with Crippen LogP contribution in [0.15, 0.2) is 0 Å². The van der Waals surface area contributed by atoms with Gasteiger partial charge >= 0.3 is 0 Å². The SMILES string of the molecule is CCC(=O)NC(CC(O)O)[C@@H](N)O. The summed E-state index contributed by atoms with van der Waals surface area (Å²) in [7, 11) is 0. The minimum atomic E-state index is -1.60. The van der Waals surface area contributed by atoms with E-state index in [0.29, 0.717) is 0 Å². The molecule has 0 fully saturated rings. The molecule has 1 unspecified atom stereocenters. The standard InChI is InChI=1S/C7H16N2O4/c1-2-5(10)9-4(7(8)13)3-6(11)12/h4,6-7,11-13H,2-3,8H2,1H3,(H,9,10)/t4?,7-/m0/s1. The highest BCUT2D eigenvalue weighted by molar-refractivity contribution is 5.75. The van der Waals surface area contributed by atoms with E-state index < -0.39 is 18.6 Å². The lowest BCUT2D eigenvalue weighted by molar-refractivity contribution is -0.123. The van der Waals surface area contributed by atoms with Crippen LogP contribution in [0.25, 0.3) is 0 Å². The van der Waals surface area contributed by atoms with Crippen LogP contribution < -0.4 is 11.1 Å². The second-order valence-corrected chi connectivity index (χ2v) is 2.73. The number of amides is 1. The maximum atomic E-state index is 10.9. The molecule has 78 valence electrons. The molecule has 0 radical (unpaired) electrons. The summed E-state index contributed by atoms with van der Waals surface area (Å²) in [6.07, 6.45) is -2.83. The number of aliphatic hydroxyl groups excluding tert-OH is 2. The van der Waals surface area contributed by atoms with Crippen LogP contribution >= 0.6 is 0 Å². The van der Waals surface area contributed by atoms with Gasteiger partial charge in [0.2, 0.25) is 5.91 Å². The Bertz CT molecular complexity index is 161. The second-order valence-electron chi connectivity index (χ2n) is 2.73. The molecule has 2 atom stereocenters. The van der Waals surface area contributed by atoms with Crippen molar-refractivity contribution in [2.24, 2.45) is 5.73 Å². The molecule has 0 aliphatic rings. The fourth-order valence-electron chi connectivity index (χ4n) is 0.820. The molecule has 0 aliphatic carbocycles. The lowest BCUT2D eigenvalue weighted by Gasteiger charge is -2.21. The van der Waals surface area contributed by atoms with Gasteiger partial charge in [0.1, 0.15) is 6.23 Å². The van der Waals surface area contributed by atoms with Crippen LogP contribution in [-0.2, 0) is 4.79 Å². The molecule has 6 nitrogen and oxygen atoms in total. The fourth-order valence-corrected chi connectivity index (χ4v) is 0.820. The van der Waals surface area contributed by atoms with Gasteiger partial charge in [0.25, 0.3) is 0 Å². The van der Waals surface area contributed by atoms with Gasteiger partial charge in [-0.25, -0.2) is 0 Å². The van der Waals surface area contributed by atoms with Crippen molar-refractivity contribution >= 4 is 5.91 Å². The molecule has 6 heteroatoms. The van der Waals surface area contributed by atoms with Gasteiger partial charge in [0.15, 0.2) is 6.29 Å². The molecule has 0 aliphatic heterocycles. The maximum absolute atomic E-state index is 10.9. The van der Waals surface area contributed by atoms with Crippen LogP contribution in [0.4, 0.5) is 0 Å². The average molecular weight is 192 g/mol. The number of rotatable bonds is 5. The zero-order valence-electron chi connectivity index (χ0n) is 7.47. The Morgan fingerprint density at radius 2 is 2.00 bits per heavy atom. The molecule has 6 N–H and O–H groups in total. The topological polar surface area (TPSA) is 116 Å². The van der Waals surface area contributed by atoms with E-state index in [1.54, 1.807) is 6.92 Å². The first-order valence-corrected chi connectivity index (χ1v) is 4.06. The monoisotopic (exact) mass is 192 g/mol. The highest BCUT2D eigenvalue weighted by atomic mass is 16.5. The van der Waals surface area contributed by atoms with Gasteiger partial charge in [-0.3, -0.25) is 4.79 Å². The van der Waals surface area contributed by atoms with Crippen LogP contribution in [0.3, 0.4) is 0 Å². The van der Waals surface area contributed by atoms with Gasteiger partial charge in [-0.15, -0.1) is 0 Å². The quantitative estimate of drug-likeness (QED) is 0.319. The van der Waals surface area contributed by atoms with Gasteiger partial charge in [0.05, 0.1) is 6.04 Å². The number of hydrogen-bond acceptors (Lipinski definition) is 5. The Hall–Kier alpha value is -0.690. The molecule has 0 aromatic carbocycles. The third-order valence-electron chi connectivity index (χ3n) is 1.54.